The van der Waals surface area contributed by atoms with Gasteiger partial charge in [0.2, 0.25) is 40.7 Å². The summed E-state index contributed by atoms with van der Waals surface area (Å²) in [5.74, 6) is -18.6. The second-order valence-electron chi connectivity index (χ2n) is 7.58. The summed E-state index contributed by atoms with van der Waals surface area (Å²) < 4.78 is 71.4. The first-order valence-electron chi connectivity index (χ1n) is 10.5. The fourth-order valence-corrected chi connectivity index (χ4v) is 3.31. The van der Waals surface area contributed by atoms with Crippen molar-refractivity contribution in [1.82, 2.24) is 14.7 Å². The molecule has 0 saturated carbocycles. The number of rotatable bonds is 10. The predicted octanol–water partition coefficient (Wildman–Crippen LogP) is 0.746. The molecular weight excluding hydrogens is 513 g/mol. The van der Waals surface area contributed by atoms with E-state index in [0.717, 1.165) is 39.0 Å². The van der Waals surface area contributed by atoms with Crippen LogP contribution >= 0.6 is 0 Å². The highest BCUT2D eigenvalue weighted by atomic mass is 19.2. The minimum Gasteiger partial charge on any atom is -0.420 e. The maximum absolute atomic E-state index is 13.7. The molecule has 1 aromatic carbocycles. The molecule has 0 N–H and O–H groups in total. The molecule has 0 saturated heterocycles. The molecule has 15 heteroatoms. The molecular formula is C22H16F5N3O7. The van der Waals surface area contributed by atoms with Gasteiger partial charge in [-0.25, -0.2) is 13.2 Å². The zero-order chi connectivity index (χ0) is 27.4. The molecule has 0 aliphatic carbocycles. The molecule has 5 amide bonds. The Hall–Kier alpha value is -4.43. The molecule has 0 bridgehead atoms. The van der Waals surface area contributed by atoms with E-state index in [1.165, 1.54) is 0 Å². The van der Waals surface area contributed by atoms with E-state index < -0.39 is 83.2 Å². The summed E-state index contributed by atoms with van der Waals surface area (Å²) in [5, 5.41) is 0. The van der Waals surface area contributed by atoms with Gasteiger partial charge in [-0.2, -0.15) is 8.78 Å². The molecule has 196 valence electrons. The third kappa shape index (κ3) is 5.87. The fourth-order valence-electron chi connectivity index (χ4n) is 3.31. The van der Waals surface area contributed by atoms with Gasteiger partial charge in [-0.1, -0.05) is 0 Å². The number of hydrogen-bond donors (Lipinski definition) is 0. The molecule has 1 aromatic rings. The van der Waals surface area contributed by atoms with Crippen LogP contribution in [0.3, 0.4) is 0 Å². The highest BCUT2D eigenvalue weighted by Crippen LogP contribution is 2.29. The number of imide groups is 2. The second kappa shape index (κ2) is 11.1. The Morgan fingerprint density at radius 1 is 0.649 bits per heavy atom. The van der Waals surface area contributed by atoms with Crippen LogP contribution in [0.15, 0.2) is 24.3 Å². The minimum atomic E-state index is -2.45. The first-order chi connectivity index (χ1) is 17.4. The Morgan fingerprint density at radius 3 is 1.43 bits per heavy atom. The molecule has 2 aliphatic heterocycles. The Morgan fingerprint density at radius 2 is 1.03 bits per heavy atom. The fraction of sp³-hybridized carbons (Fsp3) is 0.273. The van der Waals surface area contributed by atoms with E-state index >= 15 is 0 Å². The lowest BCUT2D eigenvalue weighted by Crippen LogP contribution is -2.45. The summed E-state index contributed by atoms with van der Waals surface area (Å²) in [4.78, 5) is 74.3. The van der Waals surface area contributed by atoms with Gasteiger partial charge in [-0.15, -0.1) is 0 Å². The predicted molar refractivity (Wildman–Crippen MR) is 109 cm³/mol. The van der Waals surface area contributed by atoms with Crippen molar-refractivity contribution in [2.45, 2.75) is 12.8 Å². The van der Waals surface area contributed by atoms with E-state index in [-0.39, 0.29) is 26.2 Å². The van der Waals surface area contributed by atoms with Crippen LogP contribution in [0.5, 0.6) is 5.75 Å². The molecule has 0 fully saturated rings. The number of halogens is 5. The van der Waals surface area contributed by atoms with Crippen LogP contribution in [0.1, 0.15) is 12.8 Å². The van der Waals surface area contributed by atoms with Crippen LogP contribution in [-0.2, 0) is 28.8 Å². The smallest absolute Gasteiger partial charge is 0.311 e. The van der Waals surface area contributed by atoms with Gasteiger partial charge >= 0.3 is 5.97 Å². The Labute approximate surface area is 204 Å². The lowest BCUT2D eigenvalue weighted by atomic mass is 10.2. The summed E-state index contributed by atoms with van der Waals surface area (Å²) >= 11 is 0. The minimum absolute atomic E-state index is 0.270. The Kier molecular flexibility index (Phi) is 8.14. The molecule has 0 atom stereocenters. The summed E-state index contributed by atoms with van der Waals surface area (Å²) in [6.07, 6.45) is 2.50. The molecule has 0 radical (unpaired) electrons. The SMILES string of the molecule is O=C(CCC(=O)N(CCN1C(=O)C=CC1=O)CCN1C(=O)C=CC1=O)Oc1c(F)c(F)c(F)c(F)c1F. The molecule has 10 nitrogen and oxygen atoms in total. The van der Waals surface area contributed by atoms with Crippen LogP contribution in [0.25, 0.3) is 0 Å². The van der Waals surface area contributed by atoms with Crippen LogP contribution in [-0.4, -0.2) is 76.4 Å². The van der Waals surface area contributed by atoms with Crippen molar-refractivity contribution in [3.63, 3.8) is 0 Å². The zero-order valence-corrected chi connectivity index (χ0v) is 18.6. The highest BCUT2D eigenvalue weighted by molar-refractivity contribution is 6.13. The lowest BCUT2D eigenvalue weighted by molar-refractivity contribution is -0.141. The van der Waals surface area contributed by atoms with Crippen molar-refractivity contribution in [2.24, 2.45) is 0 Å². The van der Waals surface area contributed by atoms with Gasteiger partial charge in [0, 0.05) is 56.9 Å². The summed E-state index contributed by atoms with van der Waals surface area (Å²) in [6.45, 7) is -1.08. The average molecular weight is 529 g/mol. The monoisotopic (exact) mass is 529 g/mol. The van der Waals surface area contributed by atoms with Gasteiger partial charge in [0.15, 0.2) is 0 Å². The molecule has 37 heavy (non-hydrogen) atoms. The van der Waals surface area contributed by atoms with Crippen LogP contribution in [0.4, 0.5) is 22.0 Å². The van der Waals surface area contributed by atoms with E-state index in [1.807, 2.05) is 0 Å². The number of ether oxygens (including phenoxy) is 1. The number of hydrogen-bond acceptors (Lipinski definition) is 7. The molecule has 3 rings (SSSR count). The molecule has 2 heterocycles. The largest absolute Gasteiger partial charge is 0.420 e. The number of carbonyl (C=O) groups excluding carboxylic acids is 6. The van der Waals surface area contributed by atoms with Gasteiger partial charge in [0.1, 0.15) is 0 Å². The first kappa shape index (κ1) is 27.2. The van der Waals surface area contributed by atoms with E-state index in [4.69, 9.17) is 0 Å². The summed E-state index contributed by atoms with van der Waals surface area (Å²) in [5.41, 5.74) is 0. The van der Waals surface area contributed by atoms with Gasteiger partial charge < -0.3 is 9.64 Å². The third-order valence-corrected chi connectivity index (χ3v) is 5.27. The van der Waals surface area contributed by atoms with Crippen LogP contribution in [0, 0.1) is 29.1 Å². The standard InChI is InChI=1S/C22H16F5N3O7/c23-17-18(24)20(26)22(21(27)19(17)25)37-16(36)6-5-11(31)28(7-9-29-12(32)1-2-13(29)33)8-10-30-14(34)3-4-15(30)35/h1-4H,5-10H2. The molecule has 2 aliphatic rings. The van der Waals surface area contributed by atoms with Gasteiger partial charge in [0.05, 0.1) is 6.42 Å². The van der Waals surface area contributed by atoms with Crippen molar-refractivity contribution < 1.29 is 55.5 Å². The van der Waals surface area contributed by atoms with E-state index in [1.54, 1.807) is 0 Å². The number of benzene rings is 1. The van der Waals surface area contributed by atoms with Gasteiger partial charge in [0.25, 0.3) is 23.6 Å². The second-order valence-corrected chi connectivity index (χ2v) is 7.58. The highest BCUT2D eigenvalue weighted by Gasteiger charge is 2.30. The van der Waals surface area contributed by atoms with Gasteiger partial charge in [-0.3, -0.25) is 38.6 Å². The maximum Gasteiger partial charge on any atom is 0.311 e. The first-order valence-corrected chi connectivity index (χ1v) is 10.5. The number of esters is 1. The number of amides is 5. The van der Waals surface area contributed by atoms with Crippen LogP contribution < -0.4 is 4.74 Å². The van der Waals surface area contributed by atoms with Crippen molar-refractivity contribution in [1.29, 1.82) is 0 Å². The lowest BCUT2D eigenvalue weighted by Gasteiger charge is -2.26. The topological polar surface area (TPSA) is 121 Å². The average Bonchev–Trinajstić information content (AvgIpc) is 3.37. The quantitative estimate of drug-likeness (QED) is 0.110. The van der Waals surface area contributed by atoms with Crippen molar-refractivity contribution in [2.75, 3.05) is 26.2 Å². The summed E-state index contributed by atoms with van der Waals surface area (Å²) in [6, 6.07) is 0. The van der Waals surface area contributed by atoms with Crippen molar-refractivity contribution in [3.05, 3.63) is 53.4 Å². The van der Waals surface area contributed by atoms with E-state index in [9.17, 15) is 50.7 Å². The number of nitrogens with zero attached hydrogens (tertiary/aromatic N) is 3. The van der Waals surface area contributed by atoms with Gasteiger partial charge in [-0.05, 0) is 0 Å². The van der Waals surface area contributed by atoms with E-state index in [2.05, 4.69) is 4.74 Å². The zero-order valence-electron chi connectivity index (χ0n) is 18.6. The van der Waals surface area contributed by atoms with Crippen LogP contribution in [0.2, 0.25) is 0 Å². The molecule has 0 spiro atoms. The summed E-state index contributed by atoms with van der Waals surface area (Å²) in [7, 11) is 0. The van der Waals surface area contributed by atoms with Crippen molar-refractivity contribution in [3.8, 4) is 5.75 Å². The molecule has 0 unspecified atom stereocenters. The Balaban J connectivity index is 1.64. The molecule has 0 aromatic heterocycles. The maximum atomic E-state index is 13.7. The number of carbonyl (C=O) groups is 6. The van der Waals surface area contributed by atoms with E-state index in [0.29, 0.717) is 0 Å². The van der Waals surface area contributed by atoms with Crippen molar-refractivity contribution >= 4 is 35.5 Å². The Bertz CT molecular complexity index is 1150. The third-order valence-electron chi connectivity index (χ3n) is 5.27. The normalized spacial score (nSPS) is 14.8.